The van der Waals surface area contributed by atoms with E-state index in [4.69, 9.17) is 21.1 Å². The average molecular weight is 370 g/mol. The summed E-state index contributed by atoms with van der Waals surface area (Å²) in [5.74, 6) is 0.473. The maximum absolute atomic E-state index is 12.3. The number of halogens is 1. The van der Waals surface area contributed by atoms with Gasteiger partial charge >= 0.3 is 5.97 Å². The van der Waals surface area contributed by atoms with Gasteiger partial charge in [0.15, 0.2) is 0 Å². The molecular weight excluding hydrogens is 358 g/mol. The van der Waals surface area contributed by atoms with Crippen LogP contribution in [0.5, 0.6) is 11.5 Å². The minimum atomic E-state index is -0.695. The zero-order valence-corrected chi connectivity index (χ0v) is 14.1. The molecule has 2 unspecified atom stereocenters. The van der Waals surface area contributed by atoms with E-state index in [0.717, 1.165) is 17.4 Å². The maximum Gasteiger partial charge on any atom is 0.343 e. The lowest BCUT2D eigenvalue weighted by Crippen LogP contribution is -2.15. The summed E-state index contributed by atoms with van der Waals surface area (Å²) in [6.45, 7) is 0. The van der Waals surface area contributed by atoms with Crippen molar-refractivity contribution in [2.24, 2.45) is 0 Å². The van der Waals surface area contributed by atoms with Crippen molar-refractivity contribution in [3.63, 3.8) is 0 Å². The molecule has 0 bridgehead atoms. The van der Waals surface area contributed by atoms with E-state index >= 15 is 0 Å². The van der Waals surface area contributed by atoms with Crippen LogP contribution in [0, 0.1) is 10.1 Å². The first kappa shape index (κ1) is 16.4. The molecule has 7 heteroatoms. The fourth-order valence-corrected chi connectivity index (χ4v) is 3.22. The average Bonchev–Trinajstić information content (AvgIpc) is 3.00. The highest BCUT2D eigenvalue weighted by Crippen LogP contribution is 2.42. The van der Waals surface area contributed by atoms with Crippen molar-refractivity contribution in [3.05, 3.63) is 87.0 Å². The van der Waals surface area contributed by atoms with E-state index in [-0.39, 0.29) is 28.3 Å². The van der Waals surface area contributed by atoms with Crippen molar-refractivity contribution in [3.8, 4) is 11.5 Å². The Kier molecular flexibility index (Phi) is 3.97. The number of carbonyl (C=O) groups excluding carboxylic acids is 1. The molecule has 2 aliphatic rings. The summed E-state index contributed by atoms with van der Waals surface area (Å²) < 4.78 is 11.2. The normalized spacial score (nSPS) is 19.4. The van der Waals surface area contributed by atoms with Gasteiger partial charge in [0.1, 0.15) is 22.6 Å². The van der Waals surface area contributed by atoms with Crippen LogP contribution in [0.3, 0.4) is 0 Å². The van der Waals surface area contributed by atoms with Gasteiger partial charge in [0.25, 0.3) is 5.69 Å². The van der Waals surface area contributed by atoms with Gasteiger partial charge in [-0.3, -0.25) is 10.1 Å². The Morgan fingerprint density at radius 2 is 1.96 bits per heavy atom. The first-order valence-corrected chi connectivity index (χ1v) is 8.22. The summed E-state index contributed by atoms with van der Waals surface area (Å²) in [5.41, 5.74) is 0.643. The topological polar surface area (TPSA) is 78.7 Å². The largest absolute Gasteiger partial charge is 0.485 e. The van der Waals surface area contributed by atoms with Gasteiger partial charge in [-0.1, -0.05) is 29.8 Å². The highest BCUT2D eigenvalue weighted by atomic mass is 35.5. The number of benzene rings is 2. The van der Waals surface area contributed by atoms with Crippen molar-refractivity contribution in [1.29, 1.82) is 0 Å². The lowest BCUT2D eigenvalue weighted by Gasteiger charge is -2.14. The second-order valence-electron chi connectivity index (χ2n) is 5.89. The molecule has 130 valence electrons. The molecule has 0 amide bonds. The van der Waals surface area contributed by atoms with Gasteiger partial charge in [0.2, 0.25) is 0 Å². The SMILES string of the molecule is O=C(Oc1ccc2c(c1)C1C=CC=CC1O2)c1ccc(Cl)c([N+](=O)[O-])c1. The Morgan fingerprint density at radius 1 is 1.15 bits per heavy atom. The summed E-state index contributed by atoms with van der Waals surface area (Å²) >= 11 is 5.77. The number of esters is 1. The third kappa shape index (κ3) is 2.84. The fraction of sp³-hybridized carbons (Fsp3) is 0.105. The van der Waals surface area contributed by atoms with Gasteiger partial charge in [-0.2, -0.15) is 0 Å². The molecule has 0 saturated heterocycles. The number of rotatable bonds is 3. The summed E-state index contributed by atoms with van der Waals surface area (Å²) in [6, 6.07) is 8.93. The maximum atomic E-state index is 12.3. The van der Waals surface area contributed by atoms with E-state index in [1.807, 2.05) is 24.3 Å². The van der Waals surface area contributed by atoms with Crippen LogP contribution in [-0.2, 0) is 0 Å². The number of hydrogen-bond acceptors (Lipinski definition) is 5. The summed E-state index contributed by atoms with van der Waals surface area (Å²) in [7, 11) is 0. The molecule has 0 radical (unpaired) electrons. The van der Waals surface area contributed by atoms with Gasteiger partial charge in [0.05, 0.1) is 10.5 Å². The number of nitro benzene ring substituents is 1. The molecule has 2 aromatic carbocycles. The molecule has 0 spiro atoms. The van der Waals surface area contributed by atoms with Gasteiger partial charge < -0.3 is 9.47 Å². The number of hydrogen-bond donors (Lipinski definition) is 0. The molecule has 1 aliphatic heterocycles. The monoisotopic (exact) mass is 369 g/mol. The van der Waals surface area contributed by atoms with Crippen LogP contribution in [0.15, 0.2) is 60.7 Å². The fourth-order valence-electron chi connectivity index (χ4n) is 3.03. The van der Waals surface area contributed by atoms with Crippen LogP contribution >= 0.6 is 11.6 Å². The van der Waals surface area contributed by atoms with Crippen LogP contribution in [0.1, 0.15) is 21.8 Å². The van der Waals surface area contributed by atoms with Gasteiger partial charge in [0, 0.05) is 17.5 Å². The van der Waals surface area contributed by atoms with Crippen LogP contribution in [0.4, 0.5) is 5.69 Å². The Balaban J connectivity index is 1.58. The lowest BCUT2D eigenvalue weighted by atomic mass is 9.92. The second-order valence-corrected chi connectivity index (χ2v) is 6.30. The Hall–Kier alpha value is -3.12. The van der Waals surface area contributed by atoms with Gasteiger partial charge in [-0.05, 0) is 36.4 Å². The Labute approximate surface area is 153 Å². The van der Waals surface area contributed by atoms with Crippen LogP contribution < -0.4 is 9.47 Å². The van der Waals surface area contributed by atoms with E-state index in [9.17, 15) is 14.9 Å². The molecule has 1 aliphatic carbocycles. The molecule has 0 N–H and O–H groups in total. The van der Waals surface area contributed by atoms with E-state index in [1.54, 1.807) is 18.2 Å². The Morgan fingerprint density at radius 3 is 2.77 bits per heavy atom. The quantitative estimate of drug-likeness (QED) is 0.346. The summed E-state index contributed by atoms with van der Waals surface area (Å²) in [5, 5.41) is 10.9. The molecule has 4 rings (SSSR count). The van der Waals surface area contributed by atoms with E-state index < -0.39 is 10.9 Å². The minimum absolute atomic E-state index is 0.0376. The summed E-state index contributed by atoms with van der Waals surface area (Å²) in [4.78, 5) is 22.7. The predicted molar refractivity (Wildman–Crippen MR) is 94.9 cm³/mol. The van der Waals surface area contributed by atoms with E-state index in [0.29, 0.717) is 5.75 Å². The van der Waals surface area contributed by atoms with E-state index in [1.165, 1.54) is 12.1 Å². The zero-order valence-electron chi connectivity index (χ0n) is 13.3. The number of nitrogens with zero attached hydrogens (tertiary/aromatic N) is 1. The van der Waals surface area contributed by atoms with Crippen molar-refractivity contribution in [2.45, 2.75) is 12.0 Å². The van der Waals surface area contributed by atoms with Crippen molar-refractivity contribution in [2.75, 3.05) is 0 Å². The minimum Gasteiger partial charge on any atom is -0.485 e. The van der Waals surface area contributed by atoms with Crippen molar-refractivity contribution >= 4 is 23.3 Å². The molecule has 0 aromatic heterocycles. The molecule has 2 aromatic rings. The van der Waals surface area contributed by atoms with Crippen molar-refractivity contribution in [1.82, 2.24) is 0 Å². The predicted octanol–water partition coefficient (Wildman–Crippen LogP) is 4.44. The van der Waals surface area contributed by atoms with Crippen LogP contribution in [-0.4, -0.2) is 17.0 Å². The van der Waals surface area contributed by atoms with E-state index in [2.05, 4.69) is 0 Å². The molecule has 1 heterocycles. The third-order valence-corrected chi connectivity index (χ3v) is 4.60. The number of ether oxygens (including phenoxy) is 2. The Bertz CT molecular complexity index is 982. The van der Waals surface area contributed by atoms with Gasteiger partial charge in [-0.25, -0.2) is 4.79 Å². The third-order valence-electron chi connectivity index (χ3n) is 4.28. The molecule has 26 heavy (non-hydrogen) atoms. The number of fused-ring (bicyclic) bond motifs is 3. The highest BCUT2D eigenvalue weighted by molar-refractivity contribution is 6.32. The smallest absolute Gasteiger partial charge is 0.343 e. The van der Waals surface area contributed by atoms with Gasteiger partial charge in [-0.15, -0.1) is 0 Å². The molecule has 6 nitrogen and oxygen atoms in total. The lowest BCUT2D eigenvalue weighted by molar-refractivity contribution is -0.384. The first-order chi connectivity index (χ1) is 12.5. The number of allylic oxidation sites excluding steroid dienone is 2. The number of carbonyl (C=O) groups is 1. The zero-order chi connectivity index (χ0) is 18.3. The molecule has 0 fully saturated rings. The van der Waals surface area contributed by atoms with Crippen LogP contribution in [0.2, 0.25) is 5.02 Å². The first-order valence-electron chi connectivity index (χ1n) is 7.84. The molecular formula is C19H12ClNO5. The molecule has 0 saturated carbocycles. The summed E-state index contributed by atoms with van der Waals surface area (Å²) in [6.07, 6.45) is 7.83. The molecule has 2 atom stereocenters. The van der Waals surface area contributed by atoms with Crippen molar-refractivity contribution < 1.29 is 19.2 Å². The standard InChI is InChI=1S/C19H12ClNO5/c20-15-7-5-11(9-16(15)21(23)24)19(22)25-12-6-8-18-14(10-12)13-3-1-2-4-17(13)26-18/h1-10,13,17H. The highest BCUT2D eigenvalue weighted by Gasteiger charge is 2.32. The second kappa shape index (κ2) is 6.31. The number of nitro groups is 1. The van der Waals surface area contributed by atoms with Crippen LogP contribution in [0.25, 0.3) is 0 Å².